The summed E-state index contributed by atoms with van der Waals surface area (Å²) in [5.41, 5.74) is 8.61. The number of benzene rings is 3. The summed E-state index contributed by atoms with van der Waals surface area (Å²) in [5.74, 6) is -0.112. The summed E-state index contributed by atoms with van der Waals surface area (Å²) in [7, 11) is 1.28. The van der Waals surface area contributed by atoms with E-state index in [4.69, 9.17) is 0 Å². The van der Waals surface area contributed by atoms with Crippen molar-refractivity contribution in [2.45, 2.75) is 18.9 Å². The molecule has 2 aromatic heterocycles. The molecule has 8 nitrogen and oxygen atoms in total. The van der Waals surface area contributed by atoms with Crippen molar-refractivity contribution in [3.63, 3.8) is 0 Å². The standard InChI is InChI=1S/C29H27N5O3/c1-37-29(36)30-16-28(35)34-12-2-3-27(34)26-15-22-13-20(8-10-23(22)33-26)18-4-6-19(7-5-18)21-9-11-24-25(14-21)32-17-31-24/h4-11,13-15,17,27,33H,2-3,12,16H2,1H3,(H,30,36)(H,31,32). The first kappa shape index (κ1) is 22.8. The molecule has 3 heterocycles. The lowest BCUT2D eigenvalue weighted by molar-refractivity contribution is -0.131. The number of ether oxygens (including phenoxy) is 1. The van der Waals surface area contributed by atoms with Crippen LogP contribution >= 0.6 is 0 Å². The van der Waals surface area contributed by atoms with Crippen LogP contribution in [0.1, 0.15) is 24.6 Å². The number of hydrogen-bond donors (Lipinski definition) is 3. The first-order valence-corrected chi connectivity index (χ1v) is 12.4. The Morgan fingerprint density at radius 3 is 2.49 bits per heavy atom. The zero-order valence-electron chi connectivity index (χ0n) is 20.5. The molecule has 6 rings (SSSR count). The van der Waals surface area contributed by atoms with Crippen LogP contribution in [-0.2, 0) is 9.53 Å². The summed E-state index contributed by atoms with van der Waals surface area (Å²) in [6.07, 6.45) is 2.92. The Labute approximate surface area is 213 Å². The number of nitrogens with one attached hydrogen (secondary N) is 3. The van der Waals surface area contributed by atoms with Crippen LogP contribution in [0.25, 0.3) is 44.2 Å². The first-order valence-electron chi connectivity index (χ1n) is 12.4. The second kappa shape index (κ2) is 9.46. The number of aromatic nitrogens is 3. The van der Waals surface area contributed by atoms with Gasteiger partial charge in [0.05, 0.1) is 30.5 Å². The summed E-state index contributed by atoms with van der Waals surface area (Å²) in [6, 6.07) is 23.3. The van der Waals surface area contributed by atoms with Gasteiger partial charge in [0.2, 0.25) is 5.91 Å². The van der Waals surface area contributed by atoms with Crippen LogP contribution in [0.5, 0.6) is 0 Å². The predicted molar refractivity (Wildman–Crippen MR) is 143 cm³/mol. The number of imidazole rings is 1. The number of fused-ring (bicyclic) bond motifs is 2. The van der Waals surface area contributed by atoms with Crippen molar-refractivity contribution in [3.05, 3.63) is 78.8 Å². The molecule has 0 saturated carbocycles. The summed E-state index contributed by atoms with van der Waals surface area (Å²) >= 11 is 0. The Morgan fingerprint density at radius 2 is 1.70 bits per heavy atom. The molecule has 0 bridgehead atoms. The zero-order valence-corrected chi connectivity index (χ0v) is 20.5. The average molecular weight is 494 g/mol. The van der Waals surface area contributed by atoms with Crippen molar-refractivity contribution in [1.29, 1.82) is 0 Å². The van der Waals surface area contributed by atoms with E-state index in [1.807, 2.05) is 11.0 Å². The van der Waals surface area contributed by atoms with Crippen LogP contribution in [0.15, 0.2) is 73.1 Å². The molecule has 8 heteroatoms. The lowest BCUT2D eigenvalue weighted by atomic mass is 9.99. The molecule has 1 aliphatic rings. The van der Waals surface area contributed by atoms with E-state index in [9.17, 15) is 9.59 Å². The van der Waals surface area contributed by atoms with Crippen LogP contribution in [0.4, 0.5) is 4.79 Å². The van der Waals surface area contributed by atoms with Crippen molar-refractivity contribution >= 4 is 33.9 Å². The van der Waals surface area contributed by atoms with Gasteiger partial charge in [0.25, 0.3) is 0 Å². The highest BCUT2D eigenvalue weighted by atomic mass is 16.5. The Balaban J connectivity index is 1.22. The van der Waals surface area contributed by atoms with Gasteiger partial charge in [-0.25, -0.2) is 9.78 Å². The molecular formula is C29H27N5O3. The minimum atomic E-state index is -0.603. The lowest BCUT2D eigenvalue weighted by Gasteiger charge is -2.24. The van der Waals surface area contributed by atoms with Crippen molar-refractivity contribution in [2.24, 2.45) is 0 Å². The predicted octanol–water partition coefficient (Wildman–Crippen LogP) is 5.40. The smallest absolute Gasteiger partial charge is 0.407 e. The number of hydrogen-bond acceptors (Lipinski definition) is 4. The molecule has 0 spiro atoms. The largest absolute Gasteiger partial charge is 0.453 e. The van der Waals surface area contributed by atoms with E-state index in [2.05, 4.69) is 85.7 Å². The second-order valence-electron chi connectivity index (χ2n) is 9.33. The monoisotopic (exact) mass is 493 g/mol. The molecular weight excluding hydrogens is 466 g/mol. The highest BCUT2D eigenvalue weighted by Gasteiger charge is 2.31. The molecule has 1 unspecified atom stereocenters. The van der Waals surface area contributed by atoms with Crippen LogP contribution in [0.3, 0.4) is 0 Å². The fraction of sp³-hybridized carbons (Fsp3) is 0.207. The SMILES string of the molecule is COC(=O)NCC(=O)N1CCCC1c1cc2cc(-c3ccc(-c4ccc5nc[nH]c5c4)cc3)ccc2[nH]1. The van der Waals surface area contributed by atoms with Gasteiger partial charge in [0.1, 0.15) is 6.54 Å². The van der Waals surface area contributed by atoms with E-state index in [1.165, 1.54) is 7.11 Å². The molecule has 1 saturated heterocycles. The number of H-pyrrole nitrogens is 2. The number of carbonyl (C=O) groups excluding carboxylic acids is 2. The maximum Gasteiger partial charge on any atom is 0.407 e. The maximum atomic E-state index is 12.7. The van der Waals surface area contributed by atoms with Gasteiger partial charge >= 0.3 is 6.09 Å². The summed E-state index contributed by atoms with van der Waals surface area (Å²) < 4.78 is 4.57. The molecule has 0 aliphatic carbocycles. The molecule has 1 atom stereocenters. The van der Waals surface area contributed by atoms with Gasteiger partial charge in [-0.15, -0.1) is 0 Å². The van der Waals surface area contributed by atoms with Crippen LogP contribution in [0.2, 0.25) is 0 Å². The third-order valence-corrected chi connectivity index (χ3v) is 7.11. The quantitative estimate of drug-likeness (QED) is 0.305. The van der Waals surface area contributed by atoms with Crippen LogP contribution in [0, 0.1) is 0 Å². The fourth-order valence-corrected chi connectivity index (χ4v) is 5.19. The van der Waals surface area contributed by atoms with E-state index in [-0.39, 0.29) is 18.5 Å². The van der Waals surface area contributed by atoms with Gasteiger partial charge in [-0.05, 0) is 65.4 Å². The van der Waals surface area contributed by atoms with Crippen molar-refractivity contribution < 1.29 is 14.3 Å². The third-order valence-electron chi connectivity index (χ3n) is 7.11. The maximum absolute atomic E-state index is 12.7. The van der Waals surface area contributed by atoms with Crippen molar-refractivity contribution in [2.75, 3.05) is 20.2 Å². The Hall–Kier alpha value is -4.59. The highest BCUT2D eigenvalue weighted by molar-refractivity contribution is 5.87. The molecule has 3 N–H and O–H groups in total. The Kier molecular flexibility index (Phi) is 5.84. The fourth-order valence-electron chi connectivity index (χ4n) is 5.19. The molecule has 3 aromatic carbocycles. The number of nitrogens with zero attached hydrogens (tertiary/aromatic N) is 2. The van der Waals surface area contributed by atoms with Gasteiger partial charge in [-0.3, -0.25) is 4.79 Å². The first-order chi connectivity index (χ1) is 18.1. The summed E-state index contributed by atoms with van der Waals surface area (Å²) in [4.78, 5) is 36.9. The minimum absolute atomic E-state index is 0.0331. The molecule has 5 aromatic rings. The molecule has 2 amide bonds. The molecule has 0 radical (unpaired) electrons. The van der Waals surface area contributed by atoms with Crippen molar-refractivity contribution in [1.82, 2.24) is 25.2 Å². The number of likely N-dealkylation sites (tertiary alicyclic amines) is 1. The van der Waals surface area contributed by atoms with Gasteiger partial charge in [0, 0.05) is 23.1 Å². The number of aromatic amines is 2. The topological polar surface area (TPSA) is 103 Å². The van der Waals surface area contributed by atoms with Gasteiger partial charge < -0.3 is 24.9 Å². The molecule has 186 valence electrons. The third kappa shape index (κ3) is 4.42. The van der Waals surface area contributed by atoms with Gasteiger partial charge in [-0.1, -0.05) is 36.4 Å². The average Bonchev–Trinajstić information content (AvgIpc) is 3.69. The number of alkyl carbamates (subject to hydrolysis) is 1. The van der Waals surface area contributed by atoms with E-state index in [1.54, 1.807) is 6.33 Å². The Bertz CT molecular complexity index is 1600. The normalized spacial score (nSPS) is 15.4. The van der Waals surface area contributed by atoms with Crippen LogP contribution in [-0.4, -0.2) is 52.1 Å². The van der Waals surface area contributed by atoms with E-state index in [0.29, 0.717) is 6.54 Å². The number of carbonyl (C=O) groups is 2. The van der Waals surface area contributed by atoms with E-state index >= 15 is 0 Å². The van der Waals surface area contributed by atoms with E-state index < -0.39 is 6.09 Å². The number of methoxy groups -OCH3 is 1. The minimum Gasteiger partial charge on any atom is -0.453 e. The van der Waals surface area contributed by atoms with E-state index in [0.717, 1.165) is 62.7 Å². The van der Waals surface area contributed by atoms with Gasteiger partial charge in [-0.2, -0.15) is 0 Å². The molecule has 1 fully saturated rings. The lowest BCUT2D eigenvalue weighted by Crippen LogP contribution is -2.39. The second-order valence-corrected chi connectivity index (χ2v) is 9.33. The molecule has 37 heavy (non-hydrogen) atoms. The number of amides is 2. The highest BCUT2D eigenvalue weighted by Crippen LogP contribution is 2.35. The zero-order chi connectivity index (χ0) is 25.4. The molecule has 1 aliphatic heterocycles. The number of rotatable bonds is 5. The van der Waals surface area contributed by atoms with Crippen LogP contribution < -0.4 is 5.32 Å². The summed E-state index contributed by atoms with van der Waals surface area (Å²) in [6.45, 7) is 0.603. The summed E-state index contributed by atoms with van der Waals surface area (Å²) in [5, 5.41) is 3.59. The Morgan fingerprint density at radius 1 is 0.973 bits per heavy atom. The van der Waals surface area contributed by atoms with Crippen molar-refractivity contribution in [3.8, 4) is 22.3 Å². The van der Waals surface area contributed by atoms with Gasteiger partial charge in [0.15, 0.2) is 0 Å².